The maximum Gasteiger partial charge on any atom is 0.302 e. The van der Waals surface area contributed by atoms with Crippen LogP contribution in [0.25, 0.3) is 0 Å². The van der Waals surface area contributed by atoms with Gasteiger partial charge in [0.15, 0.2) is 23.6 Å². The molecule has 4 rings (SSSR count). The smallest absolute Gasteiger partial charge is 0.302 e. The molecular weight excluding hydrogens is 468 g/mol. The number of carbonyl (C=O) groups is 2. The summed E-state index contributed by atoms with van der Waals surface area (Å²) in [6, 6.07) is 0. The molecule has 10 nitrogen and oxygen atoms in total. The summed E-state index contributed by atoms with van der Waals surface area (Å²) in [7, 11) is 0. The first-order valence-electron chi connectivity index (χ1n) is 11.8. The van der Waals surface area contributed by atoms with E-state index in [-0.39, 0.29) is 48.5 Å². The minimum atomic E-state index is -0.966. The van der Waals surface area contributed by atoms with Crippen molar-refractivity contribution in [3.05, 3.63) is 0 Å². The molecule has 4 fully saturated rings. The topological polar surface area (TPSA) is 108 Å². The number of esters is 1. The summed E-state index contributed by atoms with van der Waals surface area (Å²) in [5.41, 5.74) is 0. The fourth-order valence-corrected chi connectivity index (χ4v) is 6.01. The minimum absolute atomic E-state index is 0.0400. The highest BCUT2D eigenvalue weighted by atomic mass is 32.2. The number of hydrogen-bond donors (Lipinski definition) is 0. The lowest BCUT2D eigenvalue weighted by molar-refractivity contribution is -0.228. The van der Waals surface area contributed by atoms with Crippen LogP contribution < -0.4 is 0 Å². The Morgan fingerprint density at radius 3 is 2.32 bits per heavy atom. The molecule has 4 saturated heterocycles. The Balaban J connectivity index is 1.44. The quantitative estimate of drug-likeness (QED) is 0.476. The Kier molecular flexibility index (Phi) is 7.67. The Morgan fingerprint density at radius 1 is 1.00 bits per heavy atom. The van der Waals surface area contributed by atoms with E-state index in [0.717, 1.165) is 0 Å². The van der Waals surface area contributed by atoms with Crippen LogP contribution in [0.2, 0.25) is 0 Å². The van der Waals surface area contributed by atoms with Crippen molar-refractivity contribution in [1.29, 1.82) is 0 Å². The SMILES string of the molecule is CC(=O)OC[C@H]1O[C@H](OC(C)C)C(=O)C[C@H]1SC[C@H]1O[C@@H]2OC(C)(C)O[C@@H]2[C@H]2OC(C)(C)O[C@H]21. The van der Waals surface area contributed by atoms with Gasteiger partial charge in [0.1, 0.15) is 31.0 Å². The van der Waals surface area contributed by atoms with Gasteiger partial charge in [-0.25, -0.2) is 0 Å². The van der Waals surface area contributed by atoms with Crippen LogP contribution in [0, 0.1) is 0 Å². The van der Waals surface area contributed by atoms with Gasteiger partial charge in [-0.2, -0.15) is 11.8 Å². The predicted octanol–water partition coefficient (Wildman–Crippen LogP) is 2.16. The van der Waals surface area contributed by atoms with Crippen LogP contribution >= 0.6 is 11.8 Å². The molecule has 0 bridgehead atoms. The van der Waals surface area contributed by atoms with Gasteiger partial charge in [0.2, 0.25) is 6.29 Å². The number of rotatable bonds is 7. The number of fused-ring (bicyclic) bond motifs is 3. The molecule has 4 heterocycles. The zero-order valence-electron chi connectivity index (χ0n) is 20.8. The lowest BCUT2D eigenvalue weighted by Crippen LogP contribution is -2.56. The van der Waals surface area contributed by atoms with Crippen molar-refractivity contribution in [2.24, 2.45) is 0 Å². The van der Waals surface area contributed by atoms with E-state index in [1.54, 1.807) is 0 Å². The van der Waals surface area contributed by atoms with Crippen LogP contribution in [-0.4, -0.2) is 90.1 Å². The van der Waals surface area contributed by atoms with Gasteiger partial charge in [0, 0.05) is 24.3 Å². The molecule has 8 atom stereocenters. The number of carbonyl (C=O) groups excluding carboxylic acids is 2. The van der Waals surface area contributed by atoms with E-state index in [1.807, 2.05) is 41.5 Å². The summed E-state index contributed by atoms with van der Waals surface area (Å²) < 4.78 is 47.4. The highest BCUT2D eigenvalue weighted by Crippen LogP contribution is 2.45. The number of ether oxygens (including phenoxy) is 8. The van der Waals surface area contributed by atoms with Crippen LogP contribution in [0.4, 0.5) is 0 Å². The maximum atomic E-state index is 12.7. The molecule has 34 heavy (non-hydrogen) atoms. The van der Waals surface area contributed by atoms with Gasteiger partial charge in [-0.1, -0.05) is 0 Å². The van der Waals surface area contributed by atoms with Crippen molar-refractivity contribution < 1.29 is 47.5 Å². The molecule has 194 valence electrons. The molecule has 0 aromatic heterocycles. The Labute approximate surface area is 204 Å². The average molecular weight is 505 g/mol. The van der Waals surface area contributed by atoms with Crippen molar-refractivity contribution in [3.63, 3.8) is 0 Å². The predicted molar refractivity (Wildman–Crippen MR) is 120 cm³/mol. The monoisotopic (exact) mass is 504 g/mol. The van der Waals surface area contributed by atoms with Gasteiger partial charge < -0.3 is 37.9 Å². The minimum Gasteiger partial charge on any atom is -0.463 e. The fraction of sp³-hybridized carbons (Fsp3) is 0.913. The van der Waals surface area contributed by atoms with E-state index in [2.05, 4.69) is 0 Å². The number of Topliss-reactive ketones (excluding diaryl/α,β-unsaturated/α-hetero) is 1. The molecule has 0 aliphatic carbocycles. The highest BCUT2D eigenvalue weighted by Gasteiger charge is 2.60. The summed E-state index contributed by atoms with van der Waals surface area (Å²) in [4.78, 5) is 24.1. The van der Waals surface area contributed by atoms with Gasteiger partial charge in [0.05, 0.1) is 12.2 Å². The van der Waals surface area contributed by atoms with Crippen molar-refractivity contribution in [3.8, 4) is 0 Å². The summed E-state index contributed by atoms with van der Waals surface area (Å²) in [6.07, 6.45) is -3.43. The Morgan fingerprint density at radius 2 is 1.65 bits per heavy atom. The van der Waals surface area contributed by atoms with E-state index >= 15 is 0 Å². The molecule has 4 aliphatic rings. The van der Waals surface area contributed by atoms with E-state index in [0.29, 0.717) is 5.75 Å². The molecule has 0 unspecified atom stereocenters. The van der Waals surface area contributed by atoms with Crippen LogP contribution in [0.5, 0.6) is 0 Å². The molecular formula is C23H36O10S. The van der Waals surface area contributed by atoms with Gasteiger partial charge in [-0.15, -0.1) is 0 Å². The second-order valence-corrected chi connectivity index (χ2v) is 11.5. The zero-order valence-corrected chi connectivity index (χ0v) is 21.6. The highest BCUT2D eigenvalue weighted by molar-refractivity contribution is 8.00. The van der Waals surface area contributed by atoms with Gasteiger partial charge >= 0.3 is 5.97 Å². The molecule has 0 aromatic rings. The first kappa shape index (κ1) is 26.3. The van der Waals surface area contributed by atoms with E-state index in [9.17, 15) is 9.59 Å². The summed E-state index contributed by atoms with van der Waals surface area (Å²) in [6.45, 7) is 12.5. The van der Waals surface area contributed by atoms with Crippen LogP contribution in [0.15, 0.2) is 0 Å². The van der Waals surface area contributed by atoms with E-state index in [1.165, 1.54) is 18.7 Å². The third-order valence-corrected chi connectivity index (χ3v) is 7.37. The van der Waals surface area contributed by atoms with E-state index in [4.69, 9.17) is 37.9 Å². The Hall–Kier alpha value is -0.790. The molecule has 11 heteroatoms. The Bertz CT molecular complexity index is 771. The van der Waals surface area contributed by atoms with Crippen molar-refractivity contribution in [2.45, 2.75) is 121 Å². The average Bonchev–Trinajstić information content (AvgIpc) is 3.20. The van der Waals surface area contributed by atoms with Crippen molar-refractivity contribution >= 4 is 23.5 Å². The molecule has 0 N–H and O–H groups in total. The van der Waals surface area contributed by atoms with Crippen LogP contribution in [0.3, 0.4) is 0 Å². The van der Waals surface area contributed by atoms with Crippen molar-refractivity contribution in [2.75, 3.05) is 12.4 Å². The van der Waals surface area contributed by atoms with Gasteiger partial charge in [0.25, 0.3) is 0 Å². The van der Waals surface area contributed by atoms with Crippen LogP contribution in [0.1, 0.15) is 54.9 Å². The molecule has 0 saturated carbocycles. The summed E-state index contributed by atoms with van der Waals surface area (Å²) in [5.74, 6) is -1.61. The summed E-state index contributed by atoms with van der Waals surface area (Å²) in [5, 5.41) is -0.244. The molecule has 4 aliphatic heterocycles. The standard InChI is InChI=1S/C23H36O10S/c1-11(2)27-20-13(25)8-16(14(28-20)9-26-12(3)24)34-10-15-17-18(31-22(4,5)30-17)19-21(29-15)33-23(6,7)32-19/h11,14-21H,8-10H2,1-7H3/t14-,15-,16-,17+,18+,19-,20+,21-/m1/s1. The van der Waals surface area contributed by atoms with E-state index < -0.39 is 42.3 Å². The largest absolute Gasteiger partial charge is 0.463 e. The zero-order chi connectivity index (χ0) is 24.8. The maximum absolute atomic E-state index is 12.7. The molecule has 0 aromatic carbocycles. The third kappa shape index (κ3) is 5.95. The first-order chi connectivity index (χ1) is 15.8. The van der Waals surface area contributed by atoms with Gasteiger partial charge in [-0.3, -0.25) is 9.59 Å². The van der Waals surface area contributed by atoms with Crippen LogP contribution in [-0.2, 0) is 47.5 Å². The number of ketones is 1. The first-order valence-corrected chi connectivity index (χ1v) is 12.8. The second kappa shape index (κ2) is 9.93. The number of thioether (sulfide) groups is 1. The second-order valence-electron chi connectivity index (χ2n) is 10.2. The molecule has 0 amide bonds. The normalized spacial score (nSPS) is 40.8. The van der Waals surface area contributed by atoms with Crippen molar-refractivity contribution in [1.82, 2.24) is 0 Å². The lowest BCUT2D eigenvalue weighted by atomic mass is 10.00. The number of hydrogen-bond acceptors (Lipinski definition) is 11. The fourth-order valence-electron chi connectivity index (χ4n) is 4.66. The third-order valence-electron chi connectivity index (χ3n) is 5.95. The lowest BCUT2D eigenvalue weighted by Gasteiger charge is -2.39. The van der Waals surface area contributed by atoms with Gasteiger partial charge in [-0.05, 0) is 41.5 Å². The summed E-state index contributed by atoms with van der Waals surface area (Å²) >= 11 is 1.52. The molecule has 0 radical (unpaired) electrons. The molecule has 0 spiro atoms.